The topological polar surface area (TPSA) is 95.1 Å². The summed E-state index contributed by atoms with van der Waals surface area (Å²) >= 11 is 0. The zero-order valence-electron chi connectivity index (χ0n) is 23.5. The number of likely N-dealkylation sites (N-methyl/N-ethyl adjacent to an activating group) is 1. The Morgan fingerprint density at radius 3 is 1.74 bits per heavy atom. The maximum Gasteiger partial charge on any atom is 0.293 e. The number of nitrogens with one attached hydrogen (secondary N) is 2. The summed E-state index contributed by atoms with van der Waals surface area (Å²) in [7, 11) is 3.75. The van der Waals surface area contributed by atoms with E-state index in [0.29, 0.717) is 39.3 Å². The van der Waals surface area contributed by atoms with E-state index in [2.05, 4.69) is 38.5 Å². The maximum atomic E-state index is 9.75. The molecule has 0 fully saturated rings. The van der Waals surface area contributed by atoms with Crippen LogP contribution in [0.5, 0.6) is 0 Å². The number of unbranched alkanes of at least 4 members (excludes halogenated alkanes) is 2. The van der Waals surface area contributed by atoms with Gasteiger partial charge in [0.1, 0.15) is 25.1 Å². The van der Waals surface area contributed by atoms with Crippen LogP contribution < -0.4 is 10.6 Å². The smallest absolute Gasteiger partial charge is 0.293 e. The van der Waals surface area contributed by atoms with E-state index in [4.69, 9.17) is 22.3 Å². The fourth-order valence-electron chi connectivity index (χ4n) is 1.53. The molecule has 35 heavy (non-hydrogen) atoms. The van der Waals surface area contributed by atoms with E-state index in [-0.39, 0.29) is 11.6 Å². The van der Waals surface area contributed by atoms with Crippen LogP contribution in [0.25, 0.3) is 0 Å². The van der Waals surface area contributed by atoms with E-state index in [1.54, 1.807) is 0 Å². The minimum Gasteiger partial charge on any atom is -0.502 e. The molecule has 0 aromatic rings. The molecule has 0 atom stereocenters. The van der Waals surface area contributed by atoms with E-state index in [1.807, 2.05) is 55.6 Å². The van der Waals surface area contributed by atoms with Crippen LogP contribution >= 0.6 is 0 Å². The zero-order valence-corrected chi connectivity index (χ0v) is 23.5. The molecule has 2 N–H and O–H groups in total. The first-order valence-corrected chi connectivity index (χ1v) is 11.9. The lowest BCUT2D eigenvalue weighted by molar-refractivity contribution is -0.138. The SMILES string of the molecule is C#CCOCC(COCC#C)NC.C=COCC.CC.CC(C)(C)OC=O.CNCCCCC=O. The standard InChI is InChI=1S/C10H15NO2.C6H13NO.C5H10O2.C4H8O.C2H6/c1-4-6-12-8-10(11-3)9-13-7-5-2;1-7-5-3-2-4-6-8;1-5(2,3)7-4-6;1-3-5-4-2;1-2/h1-2,10-11H,6-9H2,3H3;6-7H,2-5H2,1H3;4H,1-3H3;3H,1,4H2,2H3;1-2H3. The second-order valence-electron chi connectivity index (χ2n) is 7.14. The van der Waals surface area contributed by atoms with Crippen LogP contribution in [0.4, 0.5) is 0 Å². The van der Waals surface area contributed by atoms with Crippen molar-refractivity contribution in [2.45, 2.75) is 72.4 Å². The largest absolute Gasteiger partial charge is 0.502 e. The summed E-state index contributed by atoms with van der Waals surface area (Å²) < 4.78 is 19.4. The Morgan fingerprint density at radius 1 is 1.00 bits per heavy atom. The molecule has 0 unspecified atom stereocenters. The van der Waals surface area contributed by atoms with E-state index in [9.17, 15) is 9.59 Å². The molecule has 0 aromatic carbocycles. The van der Waals surface area contributed by atoms with Gasteiger partial charge in [0.15, 0.2) is 0 Å². The normalized spacial score (nSPS) is 8.89. The molecular weight excluding hydrogens is 448 g/mol. The fourth-order valence-corrected chi connectivity index (χ4v) is 1.53. The van der Waals surface area contributed by atoms with E-state index >= 15 is 0 Å². The highest BCUT2D eigenvalue weighted by Crippen LogP contribution is 2.02. The van der Waals surface area contributed by atoms with Crippen LogP contribution in [0.15, 0.2) is 12.8 Å². The van der Waals surface area contributed by atoms with Crippen molar-refractivity contribution < 1.29 is 28.5 Å². The number of hydrogen-bond donors (Lipinski definition) is 2. The number of hydrogen-bond acceptors (Lipinski definition) is 8. The Bertz CT molecular complexity index is 473. The summed E-state index contributed by atoms with van der Waals surface area (Å²) in [5.74, 6) is 4.78. The fraction of sp³-hybridized carbons (Fsp3) is 0.704. The second-order valence-corrected chi connectivity index (χ2v) is 7.14. The molecule has 0 bridgehead atoms. The molecule has 8 nitrogen and oxygen atoms in total. The third-order valence-corrected chi connectivity index (χ3v) is 3.10. The van der Waals surface area contributed by atoms with Crippen LogP contribution in [0, 0.1) is 24.7 Å². The van der Waals surface area contributed by atoms with Gasteiger partial charge in [0.05, 0.1) is 32.1 Å². The molecule has 0 aromatic heterocycles. The van der Waals surface area contributed by atoms with Crippen LogP contribution in [-0.4, -0.2) is 78.1 Å². The minimum absolute atomic E-state index is 0.140. The molecule has 206 valence electrons. The first-order chi connectivity index (χ1) is 16.7. The number of aldehydes is 1. The average Bonchev–Trinajstić information content (AvgIpc) is 2.83. The summed E-state index contributed by atoms with van der Waals surface area (Å²) in [5.41, 5.74) is -0.318. The average molecular weight is 501 g/mol. The van der Waals surface area contributed by atoms with Gasteiger partial charge in [0.25, 0.3) is 6.47 Å². The summed E-state index contributed by atoms with van der Waals surface area (Å²) in [6, 6.07) is 0.140. The lowest BCUT2D eigenvalue weighted by Crippen LogP contribution is -2.35. The van der Waals surface area contributed by atoms with Gasteiger partial charge in [-0.05, 0) is 61.2 Å². The van der Waals surface area contributed by atoms with Crippen LogP contribution in [0.3, 0.4) is 0 Å². The molecule has 0 aliphatic rings. The number of carbonyl (C=O) groups is 2. The van der Waals surface area contributed by atoms with Crippen molar-refractivity contribution in [3.05, 3.63) is 12.8 Å². The van der Waals surface area contributed by atoms with Crippen molar-refractivity contribution in [3.63, 3.8) is 0 Å². The predicted molar refractivity (Wildman–Crippen MR) is 146 cm³/mol. The predicted octanol–water partition coefficient (Wildman–Crippen LogP) is 3.60. The first kappa shape index (κ1) is 42.8. The lowest BCUT2D eigenvalue weighted by Gasteiger charge is -2.14. The van der Waals surface area contributed by atoms with Crippen LogP contribution in [0.2, 0.25) is 0 Å². The van der Waals surface area contributed by atoms with Gasteiger partial charge in [-0.2, -0.15) is 0 Å². The molecule has 8 heteroatoms. The maximum absolute atomic E-state index is 9.75. The van der Waals surface area contributed by atoms with E-state index in [0.717, 1.165) is 32.3 Å². The zero-order chi connectivity index (χ0) is 28.2. The molecular formula is C27H52N2O6. The molecule has 0 spiro atoms. The van der Waals surface area contributed by atoms with Gasteiger partial charge < -0.3 is 34.4 Å². The highest BCUT2D eigenvalue weighted by molar-refractivity contribution is 5.48. The Labute approximate surface area is 215 Å². The summed E-state index contributed by atoms with van der Waals surface area (Å²) in [4.78, 5) is 19.3. The van der Waals surface area contributed by atoms with Gasteiger partial charge in [0.2, 0.25) is 0 Å². The molecule has 0 heterocycles. The Hall–Kier alpha value is -2.36. The van der Waals surface area contributed by atoms with E-state index < -0.39 is 0 Å². The number of carbonyl (C=O) groups excluding carboxylic acids is 2. The summed E-state index contributed by atoms with van der Waals surface area (Å²) in [6.07, 6.45) is 15.3. The van der Waals surface area contributed by atoms with Crippen molar-refractivity contribution in [3.8, 4) is 24.7 Å². The molecule has 0 saturated carbocycles. The Morgan fingerprint density at radius 2 is 1.51 bits per heavy atom. The van der Waals surface area contributed by atoms with Gasteiger partial charge >= 0.3 is 0 Å². The molecule has 0 rings (SSSR count). The minimum atomic E-state index is -0.318. The second kappa shape index (κ2) is 41.9. The van der Waals surface area contributed by atoms with Gasteiger partial charge in [-0.3, -0.25) is 4.79 Å². The van der Waals surface area contributed by atoms with Crippen molar-refractivity contribution in [1.82, 2.24) is 10.6 Å². The third-order valence-electron chi connectivity index (χ3n) is 3.10. The van der Waals surface area contributed by atoms with Gasteiger partial charge in [-0.25, -0.2) is 0 Å². The molecule has 0 aliphatic heterocycles. The van der Waals surface area contributed by atoms with Gasteiger partial charge in [0, 0.05) is 6.42 Å². The number of rotatable bonds is 15. The molecule has 0 amide bonds. The third kappa shape index (κ3) is 65.2. The van der Waals surface area contributed by atoms with Gasteiger partial charge in [-0.1, -0.05) is 32.3 Å². The molecule has 0 aliphatic carbocycles. The van der Waals surface area contributed by atoms with Crippen molar-refractivity contribution in [2.75, 3.05) is 53.7 Å². The number of terminal acetylenes is 2. The molecule has 0 radical (unpaired) electrons. The van der Waals surface area contributed by atoms with Crippen molar-refractivity contribution in [1.29, 1.82) is 0 Å². The quantitative estimate of drug-likeness (QED) is 0.152. The summed E-state index contributed by atoms with van der Waals surface area (Å²) in [6.45, 7) is 18.6. The van der Waals surface area contributed by atoms with Crippen LogP contribution in [0.1, 0.15) is 60.8 Å². The monoisotopic (exact) mass is 500 g/mol. The highest BCUT2D eigenvalue weighted by atomic mass is 16.5. The van der Waals surface area contributed by atoms with Crippen LogP contribution in [-0.2, 0) is 28.5 Å². The van der Waals surface area contributed by atoms with Crippen molar-refractivity contribution >= 4 is 12.8 Å². The first-order valence-electron chi connectivity index (χ1n) is 11.9. The Kier molecular flexibility index (Phi) is 51.1. The summed E-state index contributed by atoms with van der Waals surface area (Å²) in [5, 5.41) is 6.04. The molecule has 0 saturated heterocycles. The highest BCUT2D eigenvalue weighted by Gasteiger charge is 2.07. The van der Waals surface area contributed by atoms with E-state index in [1.165, 1.54) is 6.26 Å². The van der Waals surface area contributed by atoms with Crippen molar-refractivity contribution in [2.24, 2.45) is 0 Å². The lowest BCUT2D eigenvalue weighted by atomic mass is 10.2. The van der Waals surface area contributed by atoms with Gasteiger partial charge in [-0.15, -0.1) is 12.8 Å². The number of ether oxygens (including phenoxy) is 4. The Balaban J connectivity index is -0.000000118.